The molecular weight excluding hydrogens is 286 g/mol. The van der Waals surface area contributed by atoms with E-state index in [9.17, 15) is 9.59 Å². The quantitative estimate of drug-likeness (QED) is 0.873. The molecule has 0 saturated heterocycles. The van der Waals surface area contributed by atoms with Gasteiger partial charge in [0.05, 0.1) is 7.11 Å². The number of H-pyrrole nitrogens is 1. The van der Waals surface area contributed by atoms with Crippen LogP contribution in [0.2, 0.25) is 0 Å². The molecule has 2 aromatic rings. The molecule has 7 nitrogen and oxygen atoms in total. The lowest BCUT2D eigenvalue weighted by molar-refractivity contribution is 0.0951. The lowest BCUT2D eigenvalue weighted by atomic mass is 10.0. The highest BCUT2D eigenvalue weighted by atomic mass is 16.5. The normalized spacial score (nSPS) is 12.0. The van der Waals surface area contributed by atoms with E-state index >= 15 is 0 Å². The van der Waals surface area contributed by atoms with Crippen LogP contribution in [0.4, 0.5) is 0 Å². The van der Waals surface area contributed by atoms with E-state index in [2.05, 4.69) is 20.0 Å². The fourth-order valence-corrected chi connectivity index (χ4v) is 2.30. The number of aromatic amines is 1. The molecular formula is C15H19N3O4. The fourth-order valence-electron chi connectivity index (χ4n) is 2.30. The van der Waals surface area contributed by atoms with E-state index < -0.39 is 5.76 Å². The summed E-state index contributed by atoms with van der Waals surface area (Å²) in [6.07, 6.45) is 0. The second-order valence-electron chi connectivity index (χ2n) is 5.23. The van der Waals surface area contributed by atoms with E-state index in [0.29, 0.717) is 17.9 Å². The Morgan fingerprint density at radius 3 is 2.55 bits per heavy atom. The van der Waals surface area contributed by atoms with Gasteiger partial charge in [-0.2, -0.15) is 0 Å². The van der Waals surface area contributed by atoms with Gasteiger partial charge in [-0.3, -0.25) is 14.3 Å². The maximum atomic E-state index is 12.2. The van der Waals surface area contributed by atoms with Crippen LogP contribution in [0, 0.1) is 13.8 Å². The number of ether oxygens (including phenoxy) is 1. The van der Waals surface area contributed by atoms with Crippen LogP contribution in [-0.2, 0) is 0 Å². The number of methoxy groups -OCH3 is 1. The third-order valence-corrected chi connectivity index (χ3v) is 3.42. The largest absolute Gasteiger partial charge is 0.496 e. The summed E-state index contributed by atoms with van der Waals surface area (Å²) in [6, 6.07) is 3.56. The van der Waals surface area contributed by atoms with Gasteiger partial charge in [-0.1, -0.05) is 12.1 Å². The van der Waals surface area contributed by atoms with Crippen molar-refractivity contribution >= 4 is 5.91 Å². The van der Waals surface area contributed by atoms with E-state index in [-0.39, 0.29) is 11.8 Å². The van der Waals surface area contributed by atoms with Crippen LogP contribution in [0.5, 0.6) is 5.75 Å². The minimum atomic E-state index is -0.602. The zero-order valence-electron chi connectivity index (χ0n) is 13.0. The highest BCUT2D eigenvalue weighted by Gasteiger charge is 2.15. The second-order valence-corrected chi connectivity index (χ2v) is 5.23. The molecule has 1 atom stereocenters. The Morgan fingerprint density at radius 1 is 1.41 bits per heavy atom. The van der Waals surface area contributed by atoms with Gasteiger partial charge in [-0.25, -0.2) is 4.79 Å². The first kappa shape index (κ1) is 15.8. The van der Waals surface area contributed by atoms with Crippen LogP contribution >= 0.6 is 0 Å². The molecule has 0 aliphatic rings. The maximum absolute atomic E-state index is 12.2. The van der Waals surface area contributed by atoms with Gasteiger partial charge < -0.3 is 10.1 Å². The molecule has 0 aliphatic heterocycles. The van der Waals surface area contributed by atoms with Crippen molar-refractivity contribution in [2.75, 3.05) is 13.7 Å². The number of amides is 1. The molecule has 1 amide bonds. The number of aromatic nitrogens is 2. The first-order chi connectivity index (χ1) is 10.4. The fraction of sp³-hybridized carbons (Fsp3) is 0.400. The summed E-state index contributed by atoms with van der Waals surface area (Å²) in [5.41, 5.74) is 2.37. The van der Waals surface area contributed by atoms with Gasteiger partial charge in [-0.05, 0) is 37.1 Å². The summed E-state index contributed by atoms with van der Waals surface area (Å²) in [4.78, 5) is 25.6. The minimum Gasteiger partial charge on any atom is -0.496 e. The zero-order valence-corrected chi connectivity index (χ0v) is 13.0. The van der Waals surface area contributed by atoms with Crippen LogP contribution in [-0.4, -0.2) is 29.7 Å². The molecule has 0 radical (unpaired) electrons. The third kappa shape index (κ3) is 3.36. The summed E-state index contributed by atoms with van der Waals surface area (Å²) in [7, 11) is 1.61. The highest BCUT2D eigenvalue weighted by Crippen LogP contribution is 2.24. The zero-order chi connectivity index (χ0) is 16.3. The van der Waals surface area contributed by atoms with Gasteiger partial charge in [0.25, 0.3) is 5.91 Å². The standard InChI is InChI=1S/C15H19N3O4/c1-8-5-11(6-9(2)12(8)21-4)14(19)16-7-10(3)13-17-15(20)22-18-13/h5-6,10H,7H2,1-4H3,(H,16,19)(H,17,18,20). The molecule has 118 valence electrons. The van der Waals surface area contributed by atoms with Gasteiger partial charge in [-0.15, -0.1) is 0 Å². The number of aryl methyl sites for hydroxylation is 2. The first-order valence-corrected chi connectivity index (χ1v) is 6.91. The topological polar surface area (TPSA) is 97.2 Å². The van der Waals surface area contributed by atoms with Crippen molar-refractivity contribution in [3.8, 4) is 5.75 Å². The van der Waals surface area contributed by atoms with Crippen LogP contribution in [0.15, 0.2) is 21.5 Å². The van der Waals surface area contributed by atoms with Crippen molar-refractivity contribution in [1.82, 2.24) is 15.5 Å². The first-order valence-electron chi connectivity index (χ1n) is 6.91. The molecule has 1 aromatic carbocycles. The molecule has 0 spiro atoms. The lowest BCUT2D eigenvalue weighted by Crippen LogP contribution is -2.28. The summed E-state index contributed by atoms with van der Waals surface area (Å²) in [5, 5.41) is 6.42. The molecule has 1 aromatic heterocycles. The second kappa shape index (κ2) is 6.46. The number of carbonyl (C=O) groups excluding carboxylic acids is 1. The molecule has 7 heteroatoms. The lowest BCUT2D eigenvalue weighted by Gasteiger charge is -2.13. The number of hydrogen-bond acceptors (Lipinski definition) is 5. The Labute approximate surface area is 127 Å². The van der Waals surface area contributed by atoms with Crippen molar-refractivity contribution in [2.24, 2.45) is 0 Å². The number of nitrogens with one attached hydrogen (secondary N) is 2. The Bertz CT molecular complexity index is 709. The Morgan fingerprint density at radius 2 is 2.05 bits per heavy atom. The average molecular weight is 305 g/mol. The molecule has 0 fully saturated rings. The van der Waals surface area contributed by atoms with E-state index in [1.807, 2.05) is 20.8 Å². The molecule has 0 saturated carbocycles. The van der Waals surface area contributed by atoms with Crippen molar-refractivity contribution in [1.29, 1.82) is 0 Å². The monoisotopic (exact) mass is 305 g/mol. The van der Waals surface area contributed by atoms with Crippen molar-refractivity contribution in [3.05, 3.63) is 45.2 Å². The van der Waals surface area contributed by atoms with E-state index in [0.717, 1.165) is 16.9 Å². The smallest absolute Gasteiger partial charge is 0.438 e. The van der Waals surface area contributed by atoms with Gasteiger partial charge in [0.2, 0.25) is 0 Å². The predicted molar refractivity (Wildman–Crippen MR) is 80.3 cm³/mol. The van der Waals surface area contributed by atoms with Crippen LogP contribution in [0.3, 0.4) is 0 Å². The number of rotatable bonds is 5. The highest BCUT2D eigenvalue weighted by molar-refractivity contribution is 5.94. The van der Waals surface area contributed by atoms with Crippen LogP contribution < -0.4 is 15.8 Å². The average Bonchev–Trinajstić information content (AvgIpc) is 2.90. The number of carbonyl (C=O) groups is 1. The Balaban J connectivity index is 2.05. The number of nitrogens with zero attached hydrogens (tertiary/aromatic N) is 1. The molecule has 0 bridgehead atoms. The van der Waals surface area contributed by atoms with Crippen LogP contribution in [0.25, 0.3) is 0 Å². The van der Waals surface area contributed by atoms with Gasteiger partial charge >= 0.3 is 5.76 Å². The Kier molecular flexibility index (Phi) is 4.65. The van der Waals surface area contributed by atoms with Crippen LogP contribution in [0.1, 0.15) is 40.2 Å². The van der Waals surface area contributed by atoms with Gasteiger partial charge in [0, 0.05) is 18.0 Å². The molecule has 2 rings (SSSR count). The minimum absolute atomic E-state index is 0.157. The number of hydrogen-bond donors (Lipinski definition) is 2. The van der Waals surface area contributed by atoms with E-state index in [4.69, 9.17) is 4.74 Å². The summed E-state index contributed by atoms with van der Waals surface area (Å²) < 4.78 is 9.73. The van der Waals surface area contributed by atoms with Gasteiger partial charge in [0.15, 0.2) is 5.82 Å². The SMILES string of the molecule is COc1c(C)cc(C(=O)NCC(C)c2noc(=O)[nH]2)cc1C. The molecule has 0 aliphatic carbocycles. The molecule has 22 heavy (non-hydrogen) atoms. The third-order valence-electron chi connectivity index (χ3n) is 3.42. The van der Waals surface area contributed by atoms with E-state index in [1.54, 1.807) is 19.2 Å². The number of benzene rings is 1. The summed E-state index contributed by atoms with van der Waals surface area (Å²) >= 11 is 0. The van der Waals surface area contributed by atoms with Crippen molar-refractivity contribution in [2.45, 2.75) is 26.7 Å². The Hall–Kier alpha value is -2.57. The summed E-state index contributed by atoms with van der Waals surface area (Å²) in [5.74, 6) is 0.245. The van der Waals surface area contributed by atoms with Crippen molar-refractivity contribution in [3.63, 3.8) is 0 Å². The molecule has 1 unspecified atom stereocenters. The van der Waals surface area contributed by atoms with E-state index in [1.165, 1.54) is 0 Å². The molecule has 1 heterocycles. The van der Waals surface area contributed by atoms with Crippen molar-refractivity contribution < 1.29 is 14.1 Å². The van der Waals surface area contributed by atoms with Gasteiger partial charge in [0.1, 0.15) is 5.75 Å². The molecule has 2 N–H and O–H groups in total. The maximum Gasteiger partial charge on any atom is 0.438 e. The predicted octanol–water partition coefficient (Wildman–Crippen LogP) is 1.52. The summed E-state index contributed by atoms with van der Waals surface area (Å²) in [6.45, 7) is 5.96.